The van der Waals surface area contributed by atoms with Crippen molar-refractivity contribution in [3.05, 3.63) is 30.3 Å². The summed E-state index contributed by atoms with van der Waals surface area (Å²) in [6, 6.07) is 10.5. The number of likely N-dealkylation sites (N-methyl/N-ethyl adjacent to an activating group) is 1. The lowest BCUT2D eigenvalue weighted by molar-refractivity contribution is 0.250. The van der Waals surface area contributed by atoms with Crippen molar-refractivity contribution in [3.8, 4) is 0 Å². The molecule has 0 heterocycles. The van der Waals surface area contributed by atoms with Crippen LogP contribution in [0.15, 0.2) is 30.3 Å². The second-order valence-corrected chi connectivity index (χ2v) is 4.30. The monoisotopic (exact) mass is 236 g/mol. The number of aliphatic hydroxyl groups excluding tert-OH is 1. The lowest BCUT2D eigenvalue weighted by Crippen LogP contribution is -2.42. The third-order valence-electron chi connectivity index (χ3n) is 2.97. The Morgan fingerprint density at radius 1 is 1.29 bits per heavy atom. The summed E-state index contributed by atoms with van der Waals surface area (Å²) in [7, 11) is 1.89. The SMILES string of the molecule is CCCCN(CC(CO)NC)c1ccccc1. The first-order valence-corrected chi connectivity index (χ1v) is 6.40. The molecule has 0 aromatic heterocycles. The molecule has 0 aliphatic heterocycles. The molecule has 0 bridgehead atoms. The average molecular weight is 236 g/mol. The van der Waals surface area contributed by atoms with Gasteiger partial charge in [0.15, 0.2) is 0 Å². The molecule has 96 valence electrons. The van der Waals surface area contributed by atoms with Crippen LogP contribution in [0.1, 0.15) is 19.8 Å². The number of benzene rings is 1. The Balaban J connectivity index is 2.66. The van der Waals surface area contributed by atoms with Crippen LogP contribution in [0.5, 0.6) is 0 Å². The lowest BCUT2D eigenvalue weighted by atomic mass is 10.2. The fourth-order valence-electron chi connectivity index (χ4n) is 1.82. The molecule has 0 radical (unpaired) electrons. The summed E-state index contributed by atoms with van der Waals surface area (Å²) < 4.78 is 0. The molecule has 0 aliphatic carbocycles. The van der Waals surface area contributed by atoms with Gasteiger partial charge in [-0.25, -0.2) is 0 Å². The van der Waals surface area contributed by atoms with Gasteiger partial charge in [-0.2, -0.15) is 0 Å². The highest BCUT2D eigenvalue weighted by atomic mass is 16.3. The maximum Gasteiger partial charge on any atom is 0.0601 e. The highest BCUT2D eigenvalue weighted by Crippen LogP contribution is 2.14. The topological polar surface area (TPSA) is 35.5 Å². The van der Waals surface area contributed by atoms with Crippen molar-refractivity contribution in [3.63, 3.8) is 0 Å². The minimum Gasteiger partial charge on any atom is -0.395 e. The van der Waals surface area contributed by atoms with Crippen molar-refractivity contribution in [2.24, 2.45) is 0 Å². The number of hydrogen-bond acceptors (Lipinski definition) is 3. The Hall–Kier alpha value is -1.06. The van der Waals surface area contributed by atoms with Gasteiger partial charge in [0.05, 0.1) is 6.61 Å². The fourth-order valence-corrected chi connectivity index (χ4v) is 1.82. The van der Waals surface area contributed by atoms with E-state index in [2.05, 4.69) is 41.4 Å². The molecule has 0 saturated carbocycles. The van der Waals surface area contributed by atoms with Crippen LogP contribution in [0.4, 0.5) is 5.69 Å². The molecule has 3 nitrogen and oxygen atoms in total. The van der Waals surface area contributed by atoms with Crippen LogP contribution in [-0.2, 0) is 0 Å². The molecule has 1 aromatic carbocycles. The van der Waals surface area contributed by atoms with Crippen LogP contribution in [-0.4, -0.2) is 37.9 Å². The molecule has 3 heteroatoms. The van der Waals surface area contributed by atoms with E-state index in [1.165, 1.54) is 18.5 Å². The van der Waals surface area contributed by atoms with Gasteiger partial charge < -0.3 is 15.3 Å². The number of anilines is 1. The van der Waals surface area contributed by atoms with Gasteiger partial charge in [-0.1, -0.05) is 31.5 Å². The molecule has 2 N–H and O–H groups in total. The first kappa shape index (κ1) is 14.0. The minimum atomic E-state index is 0.132. The normalized spacial score (nSPS) is 12.4. The number of hydrogen-bond donors (Lipinski definition) is 2. The maximum atomic E-state index is 9.26. The van der Waals surface area contributed by atoms with Crippen LogP contribution >= 0.6 is 0 Å². The van der Waals surface area contributed by atoms with E-state index < -0.39 is 0 Å². The summed E-state index contributed by atoms with van der Waals surface area (Å²) in [4.78, 5) is 2.33. The van der Waals surface area contributed by atoms with Gasteiger partial charge in [-0.05, 0) is 25.6 Å². The smallest absolute Gasteiger partial charge is 0.0601 e. The zero-order valence-electron chi connectivity index (χ0n) is 10.9. The summed E-state index contributed by atoms with van der Waals surface area (Å²) in [5, 5.41) is 12.4. The zero-order chi connectivity index (χ0) is 12.5. The van der Waals surface area contributed by atoms with E-state index in [9.17, 15) is 5.11 Å². The predicted octanol–water partition coefficient (Wildman–Crippen LogP) is 1.87. The van der Waals surface area contributed by atoms with Gasteiger partial charge >= 0.3 is 0 Å². The standard InChI is InChI=1S/C14H24N2O/c1-3-4-10-16(11-13(12-17)15-2)14-8-6-5-7-9-14/h5-9,13,15,17H,3-4,10-12H2,1-2H3. The molecule has 0 spiro atoms. The predicted molar refractivity (Wildman–Crippen MR) is 73.5 cm³/mol. The third kappa shape index (κ3) is 4.75. The van der Waals surface area contributed by atoms with Crippen LogP contribution in [0, 0.1) is 0 Å². The number of para-hydroxylation sites is 1. The molecule has 1 atom stereocenters. The molecule has 1 aromatic rings. The van der Waals surface area contributed by atoms with Gasteiger partial charge in [0.2, 0.25) is 0 Å². The maximum absolute atomic E-state index is 9.26. The lowest BCUT2D eigenvalue weighted by Gasteiger charge is -2.28. The van der Waals surface area contributed by atoms with E-state index in [1.54, 1.807) is 0 Å². The van der Waals surface area contributed by atoms with E-state index in [0.717, 1.165) is 13.1 Å². The highest BCUT2D eigenvalue weighted by molar-refractivity contribution is 5.46. The Bertz CT molecular complexity index is 286. The van der Waals surface area contributed by atoms with Crippen molar-refractivity contribution in [1.82, 2.24) is 5.32 Å². The van der Waals surface area contributed by atoms with Crippen molar-refractivity contribution < 1.29 is 5.11 Å². The van der Waals surface area contributed by atoms with Gasteiger partial charge in [0.1, 0.15) is 0 Å². The second-order valence-electron chi connectivity index (χ2n) is 4.30. The second kappa shape index (κ2) is 8.09. The number of unbranched alkanes of at least 4 members (excludes halogenated alkanes) is 1. The van der Waals surface area contributed by atoms with Gasteiger partial charge in [-0.15, -0.1) is 0 Å². The van der Waals surface area contributed by atoms with Gasteiger partial charge in [0.25, 0.3) is 0 Å². The number of rotatable bonds is 8. The quantitative estimate of drug-likeness (QED) is 0.723. The largest absolute Gasteiger partial charge is 0.395 e. The molecule has 0 fully saturated rings. The van der Waals surface area contributed by atoms with E-state index >= 15 is 0 Å². The van der Waals surface area contributed by atoms with Gasteiger partial charge in [0, 0.05) is 24.8 Å². The molecule has 1 unspecified atom stereocenters. The summed E-state index contributed by atoms with van der Waals surface area (Å²) in [6.45, 7) is 4.26. The summed E-state index contributed by atoms with van der Waals surface area (Å²) >= 11 is 0. The molecule has 0 amide bonds. The Kier molecular flexibility index (Phi) is 6.67. The molecular formula is C14H24N2O. The molecular weight excluding hydrogens is 212 g/mol. The Morgan fingerprint density at radius 2 is 2.00 bits per heavy atom. The van der Waals surface area contributed by atoms with Crippen molar-refractivity contribution in [2.75, 3.05) is 31.6 Å². The summed E-state index contributed by atoms with van der Waals surface area (Å²) in [6.07, 6.45) is 2.36. The first-order valence-electron chi connectivity index (χ1n) is 6.40. The fraction of sp³-hybridized carbons (Fsp3) is 0.571. The summed E-state index contributed by atoms with van der Waals surface area (Å²) in [5.41, 5.74) is 1.23. The van der Waals surface area contributed by atoms with Crippen molar-refractivity contribution in [2.45, 2.75) is 25.8 Å². The van der Waals surface area contributed by atoms with E-state index in [-0.39, 0.29) is 12.6 Å². The van der Waals surface area contributed by atoms with Crippen LogP contribution < -0.4 is 10.2 Å². The van der Waals surface area contributed by atoms with Crippen LogP contribution in [0.2, 0.25) is 0 Å². The number of nitrogens with zero attached hydrogens (tertiary/aromatic N) is 1. The van der Waals surface area contributed by atoms with Crippen LogP contribution in [0.3, 0.4) is 0 Å². The molecule has 0 aliphatic rings. The third-order valence-corrected chi connectivity index (χ3v) is 2.97. The Labute approximate surface area is 104 Å². The molecule has 1 rings (SSSR count). The van der Waals surface area contributed by atoms with E-state index in [4.69, 9.17) is 0 Å². The van der Waals surface area contributed by atoms with Gasteiger partial charge in [-0.3, -0.25) is 0 Å². The van der Waals surface area contributed by atoms with E-state index in [0.29, 0.717) is 0 Å². The summed E-state index contributed by atoms with van der Waals surface area (Å²) in [5.74, 6) is 0. The highest BCUT2D eigenvalue weighted by Gasteiger charge is 2.11. The first-order chi connectivity index (χ1) is 8.31. The zero-order valence-corrected chi connectivity index (χ0v) is 10.9. The Morgan fingerprint density at radius 3 is 2.53 bits per heavy atom. The van der Waals surface area contributed by atoms with E-state index in [1.807, 2.05) is 13.1 Å². The minimum absolute atomic E-state index is 0.132. The number of aliphatic hydroxyl groups is 1. The average Bonchev–Trinajstić information content (AvgIpc) is 2.40. The number of nitrogens with one attached hydrogen (secondary N) is 1. The van der Waals surface area contributed by atoms with Crippen molar-refractivity contribution >= 4 is 5.69 Å². The molecule has 0 saturated heterocycles. The molecule has 17 heavy (non-hydrogen) atoms. The van der Waals surface area contributed by atoms with Crippen LogP contribution in [0.25, 0.3) is 0 Å². The van der Waals surface area contributed by atoms with Crippen molar-refractivity contribution in [1.29, 1.82) is 0 Å².